The third kappa shape index (κ3) is 2.85. The summed E-state index contributed by atoms with van der Waals surface area (Å²) in [6, 6.07) is 8.79. The number of hydrogen-bond donors (Lipinski definition) is 2. The number of aromatic nitrogens is 1. The lowest BCUT2D eigenvalue weighted by molar-refractivity contribution is 0.601. The van der Waals surface area contributed by atoms with Gasteiger partial charge < -0.3 is 5.32 Å². The predicted molar refractivity (Wildman–Crippen MR) is 83.2 cm³/mol. The Labute approximate surface area is 124 Å². The highest BCUT2D eigenvalue weighted by atomic mass is 32.2. The van der Waals surface area contributed by atoms with Crippen molar-refractivity contribution in [2.24, 2.45) is 0 Å². The minimum absolute atomic E-state index is 0.247. The maximum atomic E-state index is 12.4. The van der Waals surface area contributed by atoms with E-state index in [1.54, 1.807) is 18.2 Å². The van der Waals surface area contributed by atoms with Crippen molar-refractivity contribution in [3.05, 3.63) is 47.2 Å². The number of anilines is 2. The molecule has 1 aromatic heterocycles. The molecule has 21 heavy (non-hydrogen) atoms. The fraction of sp³-hybridized carbons (Fsp3) is 0.267. The standard InChI is InChI=1S/C15H17N3O2S/c1-10-7-11(2)17-15(8-10)18-21(19,20)13-4-3-12-5-6-16-14(12)9-13/h3-4,7-9,16H,5-6H2,1-2H3,(H,17,18). The van der Waals surface area contributed by atoms with Crippen LogP contribution in [0, 0.1) is 13.8 Å². The Morgan fingerprint density at radius 1 is 1.19 bits per heavy atom. The molecule has 1 aliphatic rings. The minimum atomic E-state index is -3.62. The van der Waals surface area contributed by atoms with Crippen LogP contribution >= 0.6 is 0 Å². The van der Waals surface area contributed by atoms with Crippen molar-refractivity contribution >= 4 is 21.5 Å². The number of benzene rings is 1. The molecule has 0 radical (unpaired) electrons. The van der Waals surface area contributed by atoms with Gasteiger partial charge in [-0.2, -0.15) is 0 Å². The lowest BCUT2D eigenvalue weighted by Gasteiger charge is -2.10. The Morgan fingerprint density at radius 2 is 2.00 bits per heavy atom. The first-order valence-corrected chi connectivity index (χ1v) is 8.27. The van der Waals surface area contributed by atoms with Gasteiger partial charge in [0.1, 0.15) is 5.82 Å². The normalized spacial score (nSPS) is 13.6. The Kier molecular flexibility index (Phi) is 3.33. The van der Waals surface area contributed by atoms with Crippen molar-refractivity contribution in [3.63, 3.8) is 0 Å². The average molecular weight is 303 g/mol. The molecule has 3 rings (SSSR count). The highest BCUT2D eigenvalue weighted by Crippen LogP contribution is 2.26. The van der Waals surface area contributed by atoms with Crippen LogP contribution in [0.1, 0.15) is 16.8 Å². The van der Waals surface area contributed by atoms with Crippen molar-refractivity contribution in [2.45, 2.75) is 25.2 Å². The Bertz CT molecular complexity index is 780. The van der Waals surface area contributed by atoms with Crippen LogP contribution in [-0.4, -0.2) is 19.9 Å². The lowest BCUT2D eigenvalue weighted by Crippen LogP contribution is -2.14. The zero-order valence-corrected chi connectivity index (χ0v) is 12.8. The number of sulfonamides is 1. The van der Waals surface area contributed by atoms with E-state index in [4.69, 9.17) is 0 Å². The first-order valence-electron chi connectivity index (χ1n) is 6.79. The van der Waals surface area contributed by atoms with Crippen molar-refractivity contribution in [1.82, 2.24) is 4.98 Å². The molecule has 110 valence electrons. The minimum Gasteiger partial charge on any atom is -0.384 e. The molecule has 5 nitrogen and oxygen atoms in total. The highest BCUT2D eigenvalue weighted by molar-refractivity contribution is 7.92. The third-order valence-electron chi connectivity index (χ3n) is 3.44. The van der Waals surface area contributed by atoms with Crippen LogP contribution < -0.4 is 10.0 Å². The largest absolute Gasteiger partial charge is 0.384 e. The van der Waals surface area contributed by atoms with Gasteiger partial charge >= 0.3 is 0 Å². The smallest absolute Gasteiger partial charge is 0.263 e. The molecule has 0 bridgehead atoms. The van der Waals surface area contributed by atoms with E-state index in [9.17, 15) is 8.42 Å². The maximum absolute atomic E-state index is 12.4. The molecule has 0 aliphatic carbocycles. The van der Waals surface area contributed by atoms with Crippen LogP contribution in [0.5, 0.6) is 0 Å². The highest BCUT2D eigenvalue weighted by Gasteiger charge is 2.19. The molecule has 6 heteroatoms. The molecule has 0 saturated carbocycles. The molecule has 1 aromatic carbocycles. The van der Waals surface area contributed by atoms with Gasteiger partial charge in [0.25, 0.3) is 10.0 Å². The Balaban J connectivity index is 1.93. The van der Waals surface area contributed by atoms with E-state index in [0.29, 0.717) is 5.82 Å². The number of fused-ring (bicyclic) bond motifs is 1. The lowest BCUT2D eigenvalue weighted by atomic mass is 10.2. The molecule has 0 atom stereocenters. The SMILES string of the molecule is Cc1cc(C)nc(NS(=O)(=O)c2ccc3c(c2)NCC3)c1. The van der Waals surface area contributed by atoms with Crippen LogP contribution in [0.2, 0.25) is 0 Å². The van der Waals surface area contributed by atoms with E-state index in [1.165, 1.54) is 0 Å². The second kappa shape index (κ2) is 5.04. The number of nitrogens with zero attached hydrogens (tertiary/aromatic N) is 1. The van der Waals surface area contributed by atoms with Crippen LogP contribution in [0.25, 0.3) is 0 Å². The fourth-order valence-electron chi connectivity index (χ4n) is 2.53. The summed E-state index contributed by atoms with van der Waals surface area (Å²) in [6.45, 7) is 4.60. The summed E-state index contributed by atoms with van der Waals surface area (Å²) < 4.78 is 27.4. The molecule has 0 saturated heterocycles. The summed E-state index contributed by atoms with van der Waals surface area (Å²) >= 11 is 0. The molecule has 0 unspecified atom stereocenters. The predicted octanol–water partition coefficient (Wildman–Crippen LogP) is 2.47. The summed E-state index contributed by atoms with van der Waals surface area (Å²) in [5.74, 6) is 0.348. The fourth-order valence-corrected chi connectivity index (χ4v) is 3.55. The van der Waals surface area contributed by atoms with E-state index < -0.39 is 10.0 Å². The van der Waals surface area contributed by atoms with Crippen LogP contribution in [0.3, 0.4) is 0 Å². The van der Waals surface area contributed by atoms with Gasteiger partial charge in [-0.05, 0) is 55.7 Å². The summed E-state index contributed by atoms with van der Waals surface area (Å²) in [6.07, 6.45) is 0.932. The van der Waals surface area contributed by atoms with Crippen LogP contribution in [0.4, 0.5) is 11.5 Å². The number of aryl methyl sites for hydroxylation is 2. The average Bonchev–Trinajstić information content (AvgIpc) is 2.83. The van der Waals surface area contributed by atoms with E-state index >= 15 is 0 Å². The van der Waals surface area contributed by atoms with E-state index in [0.717, 1.165) is 35.5 Å². The molecule has 0 spiro atoms. The maximum Gasteiger partial charge on any atom is 0.263 e. The summed E-state index contributed by atoms with van der Waals surface area (Å²) in [7, 11) is -3.62. The van der Waals surface area contributed by atoms with Crippen molar-refractivity contribution in [3.8, 4) is 0 Å². The molecule has 2 N–H and O–H groups in total. The molecule has 2 aromatic rings. The van der Waals surface area contributed by atoms with Gasteiger partial charge in [-0.15, -0.1) is 0 Å². The molecule has 1 aliphatic heterocycles. The van der Waals surface area contributed by atoms with Gasteiger partial charge in [0.05, 0.1) is 4.90 Å². The number of rotatable bonds is 3. The molecular formula is C15H17N3O2S. The van der Waals surface area contributed by atoms with Crippen molar-refractivity contribution in [1.29, 1.82) is 0 Å². The van der Waals surface area contributed by atoms with E-state index in [2.05, 4.69) is 15.0 Å². The second-order valence-corrected chi connectivity index (χ2v) is 6.95. The summed E-state index contributed by atoms with van der Waals surface area (Å²) in [5, 5.41) is 3.19. The Hall–Kier alpha value is -2.08. The van der Waals surface area contributed by atoms with Gasteiger partial charge in [-0.25, -0.2) is 13.4 Å². The zero-order valence-electron chi connectivity index (χ0n) is 12.0. The topological polar surface area (TPSA) is 71.1 Å². The zero-order chi connectivity index (χ0) is 15.0. The van der Waals surface area contributed by atoms with Gasteiger partial charge in [0.15, 0.2) is 0 Å². The first kappa shape index (κ1) is 13.9. The molecule has 0 fully saturated rings. The quantitative estimate of drug-likeness (QED) is 0.914. The number of hydrogen-bond acceptors (Lipinski definition) is 4. The van der Waals surface area contributed by atoms with Gasteiger partial charge in [0.2, 0.25) is 0 Å². The van der Waals surface area contributed by atoms with Gasteiger partial charge in [-0.1, -0.05) is 6.07 Å². The number of nitrogens with one attached hydrogen (secondary N) is 2. The van der Waals surface area contributed by atoms with Gasteiger partial charge in [0, 0.05) is 17.9 Å². The van der Waals surface area contributed by atoms with Crippen LogP contribution in [-0.2, 0) is 16.4 Å². The third-order valence-corrected chi connectivity index (χ3v) is 4.79. The molecule has 0 amide bonds. The summed E-state index contributed by atoms with van der Waals surface area (Å²) in [5.41, 5.74) is 3.80. The van der Waals surface area contributed by atoms with Crippen molar-refractivity contribution in [2.75, 3.05) is 16.6 Å². The first-order chi connectivity index (χ1) is 9.94. The second-order valence-electron chi connectivity index (χ2n) is 5.27. The van der Waals surface area contributed by atoms with Gasteiger partial charge in [-0.3, -0.25) is 4.72 Å². The molecular weight excluding hydrogens is 286 g/mol. The summed E-state index contributed by atoms with van der Waals surface area (Å²) in [4.78, 5) is 4.46. The van der Waals surface area contributed by atoms with Crippen molar-refractivity contribution < 1.29 is 8.42 Å². The number of pyridine rings is 1. The Morgan fingerprint density at radius 3 is 2.76 bits per heavy atom. The molecule has 2 heterocycles. The van der Waals surface area contributed by atoms with Crippen LogP contribution in [0.15, 0.2) is 35.2 Å². The van der Waals surface area contributed by atoms with E-state index in [-0.39, 0.29) is 4.90 Å². The monoisotopic (exact) mass is 303 g/mol. The van der Waals surface area contributed by atoms with E-state index in [1.807, 2.05) is 26.0 Å².